The van der Waals surface area contributed by atoms with Gasteiger partial charge in [0.05, 0.1) is 19.3 Å². The number of methoxy groups -OCH3 is 1. The summed E-state index contributed by atoms with van der Waals surface area (Å²) in [5.41, 5.74) is 4.63. The lowest BCUT2D eigenvalue weighted by atomic mass is 9.54. The highest BCUT2D eigenvalue weighted by atomic mass is 32.1. The fourth-order valence-corrected chi connectivity index (χ4v) is 8.55. The quantitative estimate of drug-likeness (QED) is 0.465. The number of thiophene rings is 1. The maximum absolute atomic E-state index is 13.2. The first-order valence-corrected chi connectivity index (χ1v) is 13.9. The standard InChI is InChI=1S/C29H37NO4S/c1-6-34-28(32)25-26-23(35-27(25)30-24(31)13-16(2)3)15-22-21-9-7-17-14-18(33-5)8-10-19(17)20(21)11-12-29(22,26)4/h8,10,14,16,20-22H,6-7,9,11-13,15H2,1-5H3,(H,30,31)/t20-,21-,22-,29-/m1/s1. The Morgan fingerprint density at radius 2 is 2.06 bits per heavy atom. The molecule has 4 atom stereocenters. The van der Waals surface area contributed by atoms with Crippen molar-refractivity contribution >= 4 is 28.2 Å². The average Bonchev–Trinajstić information content (AvgIpc) is 3.31. The number of benzene rings is 1. The molecule has 3 aliphatic rings. The number of aryl methyl sites for hydroxylation is 1. The van der Waals surface area contributed by atoms with E-state index in [1.165, 1.54) is 22.4 Å². The summed E-state index contributed by atoms with van der Waals surface area (Å²) in [6, 6.07) is 6.60. The second-order valence-corrected chi connectivity index (χ2v) is 12.2. The molecule has 1 fully saturated rings. The van der Waals surface area contributed by atoms with Crippen molar-refractivity contribution in [2.45, 2.75) is 77.6 Å². The predicted molar refractivity (Wildman–Crippen MR) is 140 cm³/mol. The molecule has 0 bridgehead atoms. The van der Waals surface area contributed by atoms with Crippen LogP contribution >= 0.6 is 11.3 Å². The lowest BCUT2D eigenvalue weighted by Gasteiger charge is -2.49. The number of amides is 1. The Morgan fingerprint density at radius 1 is 1.26 bits per heavy atom. The van der Waals surface area contributed by atoms with Crippen LogP contribution in [-0.2, 0) is 27.8 Å². The highest BCUT2D eigenvalue weighted by Gasteiger charge is 2.55. The Hall–Kier alpha value is -2.34. The summed E-state index contributed by atoms with van der Waals surface area (Å²) < 4.78 is 11.0. The van der Waals surface area contributed by atoms with Crippen LogP contribution in [0.25, 0.3) is 0 Å². The highest BCUT2D eigenvalue weighted by molar-refractivity contribution is 7.17. The molecule has 5 rings (SSSR count). The van der Waals surface area contributed by atoms with E-state index in [1.54, 1.807) is 18.4 Å². The molecule has 35 heavy (non-hydrogen) atoms. The Kier molecular flexibility index (Phi) is 6.45. The third-order valence-corrected chi connectivity index (χ3v) is 9.73. The second-order valence-electron chi connectivity index (χ2n) is 11.1. The molecular formula is C29H37NO4S. The lowest BCUT2D eigenvalue weighted by molar-refractivity contribution is -0.116. The minimum atomic E-state index is -0.296. The van der Waals surface area contributed by atoms with Crippen molar-refractivity contribution in [3.8, 4) is 5.75 Å². The van der Waals surface area contributed by atoms with Gasteiger partial charge in [0.15, 0.2) is 0 Å². The number of ether oxygens (including phenoxy) is 2. The highest BCUT2D eigenvalue weighted by Crippen LogP contribution is 2.63. The Morgan fingerprint density at radius 3 is 2.77 bits per heavy atom. The third-order valence-electron chi connectivity index (χ3n) is 8.61. The number of carbonyl (C=O) groups excluding carboxylic acids is 2. The summed E-state index contributed by atoms with van der Waals surface area (Å²) in [6.45, 7) is 8.59. The number of fused-ring (bicyclic) bond motifs is 7. The van der Waals surface area contributed by atoms with E-state index in [9.17, 15) is 9.59 Å². The van der Waals surface area contributed by atoms with Crippen LogP contribution in [0, 0.1) is 17.8 Å². The van der Waals surface area contributed by atoms with Crippen LogP contribution in [0.5, 0.6) is 5.75 Å². The zero-order chi connectivity index (χ0) is 24.9. The molecule has 5 nitrogen and oxygen atoms in total. The normalized spacial score (nSPS) is 26.4. The molecule has 0 unspecified atom stereocenters. The van der Waals surface area contributed by atoms with Gasteiger partial charge in [-0.2, -0.15) is 0 Å². The number of esters is 1. The number of hydrogen-bond acceptors (Lipinski definition) is 5. The summed E-state index contributed by atoms with van der Waals surface area (Å²) in [7, 11) is 1.73. The van der Waals surface area contributed by atoms with Crippen LogP contribution < -0.4 is 10.1 Å². The van der Waals surface area contributed by atoms with Gasteiger partial charge in [0.25, 0.3) is 0 Å². The van der Waals surface area contributed by atoms with Crippen molar-refractivity contribution in [2.75, 3.05) is 19.0 Å². The molecule has 1 saturated carbocycles. The van der Waals surface area contributed by atoms with Gasteiger partial charge in [-0.3, -0.25) is 4.79 Å². The first-order valence-electron chi connectivity index (χ1n) is 13.1. The monoisotopic (exact) mass is 495 g/mol. The van der Waals surface area contributed by atoms with Gasteiger partial charge in [-0.15, -0.1) is 11.3 Å². The van der Waals surface area contributed by atoms with E-state index in [0.29, 0.717) is 41.3 Å². The molecule has 0 aliphatic heterocycles. The zero-order valence-corrected chi connectivity index (χ0v) is 22.3. The van der Waals surface area contributed by atoms with Crippen LogP contribution in [0.15, 0.2) is 18.2 Å². The molecule has 0 radical (unpaired) electrons. The van der Waals surface area contributed by atoms with Crippen LogP contribution in [0.4, 0.5) is 5.00 Å². The van der Waals surface area contributed by atoms with Gasteiger partial charge in [-0.05, 0) is 96.9 Å². The minimum absolute atomic E-state index is 0.0322. The fraction of sp³-hybridized carbons (Fsp3) is 0.586. The van der Waals surface area contributed by atoms with E-state index in [2.05, 4.69) is 30.4 Å². The number of hydrogen-bond donors (Lipinski definition) is 1. The molecular weight excluding hydrogens is 458 g/mol. The number of rotatable bonds is 6. The van der Waals surface area contributed by atoms with Crippen molar-refractivity contribution in [3.63, 3.8) is 0 Å². The lowest BCUT2D eigenvalue weighted by Crippen LogP contribution is -2.43. The predicted octanol–water partition coefficient (Wildman–Crippen LogP) is 6.49. The molecule has 188 valence electrons. The van der Waals surface area contributed by atoms with Crippen LogP contribution in [0.2, 0.25) is 0 Å². The third kappa shape index (κ3) is 4.08. The van der Waals surface area contributed by atoms with Crippen molar-refractivity contribution in [3.05, 3.63) is 45.3 Å². The molecule has 0 saturated heterocycles. The van der Waals surface area contributed by atoms with E-state index in [-0.39, 0.29) is 23.2 Å². The van der Waals surface area contributed by atoms with E-state index in [1.807, 2.05) is 20.8 Å². The Balaban J connectivity index is 1.49. The average molecular weight is 496 g/mol. The SMILES string of the molecule is CCOC(=O)c1c(NC(=O)CC(C)C)sc2c1[C@]1(C)CC[C@@H]3c4ccc(OC)cc4CC[C@H]3[C@H]1C2. The minimum Gasteiger partial charge on any atom is -0.497 e. The van der Waals surface area contributed by atoms with Gasteiger partial charge in [0, 0.05) is 11.3 Å². The van der Waals surface area contributed by atoms with Crippen LogP contribution in [0.3, 0.4) is 0 Å². The molecule has 1 aromatic carbocycles. The van der Waals surface area contributed by atoms with Gasteiger partial charge in [0.1, 0.15) is 10.8 Å². The van der Waals surface area contributed by atoms with E-state index >= 15 is 0 Å². The van der Waals surface area contributed by atoms with Crippen LogP contribution in [0.1, 0.15) is 91.2 Å². The van der Waals surface area contributed by atoms with Crippen molar-refractivity contribution < 1.29 is 19.1 Å². The second kappa shape index (κ2) is 9.27. The van der Waals surface area contributed by atoms with Crippen molar-refractivity contribution in [1.29, 1.82) is 0 Å². The first-order chi connectivity index (χ1) is 16.8. The zero-order valence-electron chi connectivity index (χ0n) is 21.5. The molecule has 3 aliphatic carbocycles. The smallest absolute Gasteiger partial charge is 0.341 e. The van der Waals surface area contributed by atoms with Gasteiger partial charge in [0.2, 0.25) is 5.91 Å². The summed E-state index contributed by atoms with van der Waals surface area (Å²) in [5, 5.41) is 3.75. The van der Waals surface area contributed by atoms with Crippen molar-refractivity contribution in [1.82, 2.24) is 0 Å². The van der Waals surface area contributed by atoms with Crippen molar-refractivity contribution in [2.24, 2.45) is 17.8 Å². The maximum Gasteiger partial charge on any atom is 0.341 e. The van der Waals surface area contributed by atoms with Gasteiger partial charge < -0.3 is 14.8 Å². The molecule has 6 heteroatoms. The summed E-state index contributed by atoms with van der Waals surface area (Å²) in [4.78, 5) is 27.1. The molecule has 1 N–H and O–H groups in total. The summed E-state index contributed by atoms with van der Waals surface area (Å²) in [6.07, 6.45) is 5.83. The maximum atomic E-state index is 13.2. The van der Waals surface area contributed by atoms with E-state index in [0.717, 1.165) is 37.0 Å². The van der Waals surface area contributed by atoms with E-state index < -0.39 is 0 Å². The topological polar surface area (TPSA) is 64.6 Å². The molecule has 2 aromatic rings. The Labute approximate surface area is 212 Å². The molecule has 1 heterocycles. The molecule has 1 aromatic heterocycles. The number of carbonyl (C=O) groups is 2. The molecule has 0 spiro atoms. The first kappa shape index (κ1) is 24.4. The number of nitrogens with one attached hydrogen (secondary N) is 1. The number of anilines is 1. The van der Waals surface area contributed by atoms with Gasteiger partial charge in [-0.1, -0.05) is 26.8 Å². The van der Waals surface area contributed by atoms with Crippen LogP contribution in [-0.4, -0.2) is 25.6 Å². The summed E-state index contributed by atoms with van der Waals surface area (Å²) >= 11 is 1.60. The van der Waals surface area contributed by atoms with E-state index in [4.69, 9.17) is 9.47 Å². The summed E-state index contributed by atoms with van der Waals surface area (Å²) in [5.74, 6) is 2.55. The molecule has 1 amide bonds. The van der Waals surface area contributed by atoms with Gasteiger partial charge >= 0.3 is 5.97 Å². The van der Waals surface area contributed by atoms with Gasteiger partial charge in [-0.25, -0.2) is 4.79 Å². The Bertz CT molecular complexity index is 1150. The largest absolute Gasteiger partial charge is 0.497 e. The fourth-order valence-electron chi connectivity index (χ4n) is 7.15.